The summed E-state index contributed by atoms with van der Waals surface area (Å²) in [5, 5.41) is 0. The molecule has 0 aromatic heterocycles. The van der Waals surface area contributed by atoms with Crippen LogP contribution in [0.5, 0.6) is 11.5 Å². The Kier molecular flexibility index (Phi) is 8.28. The third-order valence-corrected chi connectivity index (χ3v) is 7.22. The van der Waals surface area contributed by atoms with E-state index in [0.717, 1.165) is 44.9 Å². The molecule has 1 aliphatic carbocycles. The van der Waals surface area contributed by atoms with Crippen LogP contribution in [0.2, 0.25) is 0 Å². The fourth-order valence-electron chi connectivity index (χ4n) is 5.49. The van der Waals surface area contributed by atoms with Crippen LogP contribution in [0, 0.1) is 5.92 Å². The van der Waals surface area contributed by atoms with Gasteiger partial charge in [-0.2, -0.15) is 0 Å². The van der Waals surface area contributed by atoms with Gasteiger partial charge in [0.1, 0.15) is 0 Å². The van der Waals surface area contributed by atoms with Crippen molar-refractivity contribution in [3.63, 3.8) is 0 Å². The minimum atomic E-state index is -0.217. The van der Waals surface area contributed by atoms with Gasteiger partial charge in [-0.25, -0.2) is 0 Å². The molecule has 2 atom stereocenters. The van der Waals surface area contributed by atoms with Crippen molar-refractivity contribution < 1.29 is 23.7 Å². The molecule has 4 rings (SSSR count). The zero-order valence-corrected chi connectivity index (χ0v) is 20.8. The molecule has 0 radical (unpaired) electrons. The lowest BCUT2D eigenvalue weighted by molar-refractivity contribution is -0.189. The van der Waals surface area contributed by atoms with Crippen molar-refractivity contribution in [1.82, 2.24) is 0 Å². The first-order chi connectivity index (χ1) is 16.6. The second-order valence-electron chi connectivity index (χ2n) is 9.57. The molecule has 2 fully saturated rings. The van der Waals surface area contributed by atoms with Crippen LogP contribution in [-0.2, 0) is 9.47 Å². The SMILES string of the molecule is CCCOc1ccc(C(=O)C2CCC3(CC2)CC(OCC)CC(c2ccccc2)O3)cc1OC. The maximum absolute atomic E-state index is 13.4. The summed E-state index contributed by atoms with van der Waals surface area (Å²) in [6, 6.07) is 16.0. The number of carbonyl (C=O) groups is 1. The molecule has 184 valence electrons. The third kappa shape index (κ3) is 5.64. The zero-order valence-electron chi connectivity index (χ0n) is 20.8. The van der Waals surface area contributed by atoms with E-state index in [1.807, 2.05) is 24.3 Å². The summed E-state index contributed by atoms with van der Waals surface area (Å²) in [4.78, 5) is 13.4. The van der Waals surface area contributed by atoms with Crippen LogP contribution in [0.25, 0.3) is 0 Å². The number of hydrogen-bond donors (Lipinski definition) is 0. The van der Waals surface area contributed by atoms with E-state index in [2.05, 4.69) is 38.1 Å². The van der Waals surface area contributed by atoms with Crippen LogP contribution >= 0.6 is 0 Å². The van der Waals surface area contributed by atoms with E-state index in [1.54, 1.807) is 7.11 Å². The van der Waals surface area contributed by atoms with Crippen molar-refractivity contribution >= 4 is 5.78 Å². The largest absolute Gasteiger partial charge is 0.493 e. The molecule has 1 heterocycles. The van der Waals surface area contributed by atoms with Gasteiger partial charge >= 0.3 is 0 Å². The van der Waals surface area contributed by atoms with Crippen LogP contribution in [0.4, 0.5) is 0 Å². The first kappa shape index (κ1) is 24.7. The first-order valence-corrected chi connectivity index (χ1v) is 12.8. The van der Waals surface area contributed by atoms with Crippen LogP contribution in [0.15, 0.2) is 48.5 Å². The third-order valence-electron chi connectivity index (χ3n) is 7.22. The summed E-state index contributed by atoms with van der Waals surface area (Å²) in [7, 11) is 1.62. The second-order valence-corrected chi connectivity index (χ2v) is 9.57. The summed E-state index contributed by atoms with van der Waals surface area (Å²) in [5.41, 5.74) is 1.69. The maximum atomic E-state index is 13.4. The molecule has 0 N–H and O–H groups in total. The zero-order chi connectivity index (χ0) is 24.0. The molecule has 1 aliphatic heterocycles. The number of hydrogen-bond acceptors (Lipinski definition) is 5. The fraction of sp³-hybridized carbons (Fsp3) is 0.552. The summed E-state index contributed by atoms with van der Waals surface area (Å²) in [6.07, 6.45) is 6.36. The van der Waals surface area contributed by atoms with Crippen LogP contribution in [-0.4, -0.2) is 37.8 Å². The Balaban J connectivity index is 1.44. The molecule has 1 saturated carbocycles. The molecule has 2 aromatic carbocycles. The predicted octanol–water partition coefficient (Wildman–Crippen LogP) is 6.55. The molecule has 5 nitrogen and oxygen atoms in total. The van der Waals surface area contributed by atoms with Gasteiger partial charge in [-0.05, 0) is 62.8 Å². The smallest absolute Gasteiger partial charge is 0.166 e. The van der Waals surface area contributed by atoms with E-state index >= 15 is 0 Å². The summed E-state index contributed by atoms with van der Waals surface area (Å²) < 4.78 is 24.1. The number of methoxy groups -OCH3 is 1. The number of Topliss-reactive ketones (excluding diaryl/α,β-unsaturated/α-hetero) is 1. The van der Waals surface area contributed by atoms with Gasteiger partial charge in [-0.15, -0.1) is 0 Å². The average Bonchev–Trinajstić information content (AvgIpc) is 2.88. The van der Waals surface area contributed by atoms with E-state index < -0.39 is 0 Å². The predicted molar refractivity (Wildman–Crippen MR) is 133 cm³/mol. The monoisotopic (exact) mass is 466 g/mol. The standard InChI is InChI=1S/C29H38O5/c1-4-17-33-25-12-11-23(18-27(25)31-3)28(30)22-13-15-29(16-14-22)20-24(32-5-2)19-26(34-29)21-9-7-6-8-10-21/h6-12,18,22,24,26H,4-5,13-17,19-20H2,1-3H3. The highest BCUT2D eigenvalue weighted by atomic mass is 16.5. The molecule has 34 heavy (non-hydrogen) atoms. The number of carbonyl (C=O) groups excluding carboxylic acids is 1. The number of ether oxygens (including phenoxy) is 4. The van der Waals surface area contributed by atoms with Gasteiger partial charge in [0.25, 0.3) is 0 Å². The van der Waals surface area contributed by atoms with Gasteiger partial charge in [0.15, 0.2) is 17.3 Å². The van der Waals surface area contributed by atoms with Gasteiger partial charge in [0, 0.05) is 30.9 Å². The second kappa shape index (κ2) is 11.4. The Bertz CT molecular complexity index is 933. The molecule has 2 unspecified atom stereocenters. The number of ketones is 1. The minimum Gasteiger partial charge on any atom is -0.493 e. The van der Waals surface area contributed by atoms with Crippen molar-refractivity contribution in [3.8, 4) is 11.5 Å². The van der Waals surface area contributed by atoms with Gasteiger partial charge in [-0.1, -0.05) is 37.3 Å². The topological polar surface area (TPSA) is 54.0 Å². The van der Waals surface area contributed by atoms with Crippen LogP contribution < -0.4 is 9.47 Å². The molecule has 5 heteroatoms. The molecule has 2 aliphatic rings. The number of rotatable bonds is 9. The summed E-state index contributed by atoms with van der Waals surface area (Å²) in [5.74, 6) is 1.50. The van der Waals surface area contributed by atoms with Crippen molar-refractivity contribution in [2.45, 2.75) is 76.6 Å². The Labute approximate surface area is 203 Å². The molecule has 1 saturated heterocycles. The molecule has 2 aromatic rings. The molecule has 0 bridgehead atoms. The highest BCUT2D eigenvalue weighted by Gasteiger charge is 2.45. The lowest BCUT2D eigenvalue weighted by Crippen LogP contribution is -2.47. The lowest BCUT2D eigenvalue weighted by Gasteiger charge is -2.48. The Morgan fingerprint density at radius 3 is 2.50 bits per heavy atom. The van der Waals surface area contributed by atoms with Gasteiger partial charge in [0.05, 0.1) is 31.5 Å². The van der Waals surface area contributed by atoms with E-state index in [9.17, 15) is 4.79 Å². The highest BCUT2D eigenvalue weighted by molar-refractivity contribution is 5.98. The molecule has 1 spiro atoms. The molecular weight excluding hydrogens is 428 g/mol. The first-order valence-electron chi connectivity index (χ1n) is 12.8. The quantitative estimate of drug-likeness (QED) is 0.392. The van der Waals surface area contributed by atoms with Crippen molar-refractivity contribution in [2.24, 2.45) is 5.92 Å². The van der Waals surface area contributed by atoms with Crippen LogP contribution in [0.1, 0.15) is 80.8 Å². The average molecular weight is 467 g/mol. The fourth-order valence-corrected chi connectivity index (χ4v) is 5.49. The van der Waals surface area contributed by atoms with Gasteiger partial charge < -0.3 is 18.9 Å². The minimum absolute atomic E-state index is 0.00369. The Morgan fingerprint density at radius 2 is 1.82 bits per heavy atom. The van der Waals surface area contributed by atoms with Crippen LogP contribution in [0.3, 0.4) is 0 Å². The van der Waals surface area contributed by atoms with E-state index in [-0.39, 0.29) is 29.5 Å². The van der Waals surface area contributed by atoms with E-state index in [4.69, 9.17) is 18.9 Å². The number of benzene rings is 2. The summed E-state index contributed by atoms with van der Waals surface area (Å²) >= 11 is 0. The lowest BCUT2D eigenvalue weighted by atomic mass is 9.72. The summed E-state index contributed by atoms with van der Waals surface area (Å²) in [6.45, 7) is 5.46. The van der Waals surface area contributed by atoms with E-state index in [0.29, 0.717) is 30.3 Å². The Morgan fingerprint density at radius 1 is 1.06 bits per heavy atom. The van der Waals surface area contributed by atoms with Crippen molar-refractivity contribution in [3.05, 3.63) is 59.7 Å². The van der Waals surface area contributed by atoms with Crippen molar-refractivity contribution in [2.75, 3.05) is 20.3 Å². The Hall–Kier alpha value is -2.37. The van der Waals surface area contributed by atoms with Crippen molar-refractivity contribution in [1.29, 1.82) is 0 Å². The van der Waals surface area contributed by atoms with Gasteiger partial charge in [0.2, 0.25) is 0 Å². The highest BCUT2D eigenvalue weighted by Crippen LogP contribution is 2.47. The molecule has 0 amide bonds. The van der Waals surface area contributed by atoms with E-state index in [1.165, 1.54) is 5.56 Å². The maximum Gasteiger partial charge on any atom is 0.166 e. The normalized spacial score (nSPS) is 26.9. The van der Waals surface area contributed by atoms with Gasteiger partial charge in [-0.3, -0.25) is 4.79 Å². The molecular formula is C29H38O5.